The number of nitrogens with zero attached hydrogens (tertiary/aromatic N) is 2. The molecule has 0 fully saturated rings. The molecule has 130 valence electrons. The summed E-state index contributed by atoms with van der Waals surface area (Å²) >= 11 is 0. The first-order chi connectivity index (χ1) is 12.5. The van der Waals surface area contributed by atoms with Crippen LogP contribution in [-0.2, 0) is 4.79 Å². The van der Waals surface area contributed by atoms with E-state index < -0.39 is 0 Å². The van der Waals surface area contributed by atoms with E-state index in [1.165, 1.54) is 0 Å². The highest BCUT2D eigenvalue weighted by Crippen LogP contribution is 2.32. The molecule has 0 unspecified atom stereocenters. The molecule has 0 radical (unpaired) electrons. The van der Waals surface area contributed by atoms with Gasteiger partial charge in [-0.25, -0.2) is 4.98 Å². The summed E-state index contributed by atoms with van der Waals surface area (Å²) in [6.07, 6.45) is 0.397. The van der Waals surface area contributed by atoms with Gasteiger partial charge in [0.25, 0.3) is 0 Å². The molecule has 1 amide bonds. The fraction of sp³-hybridized carbons (Fsp3) is 0.150. The topological polar surface area (TPSA) is 105 Å². The Morgan fingerprint density at radius 1 is 1.31 bits per heavy atom. The standard InChI is InChI=1S/C20H18N4O2/c1-3-19(25)23-14-6-4-5-13(9-14)17-10-15(16(11-21)20(22)24-17)18-8-7-12(2)26-18/h4-10H,3H2,1-2H3,(H2,22,24)(H,23,25). The zero-order valence-electron chi connectivity index (χ0n) is 14.5. The van der Waals surface area contributed by atoms with Gasteiger partial charge in [0, 0.05) is 23.2 Å². The molecular formula is C20H18N4O2. The van der Waals surface area contributed by atoms with Crippen molar-refractivity contribution in [3.8, 4) is 28.7 Å². The normalized spacial score (nSPS) is 10.3. The number of amides is 1. The average Bonchev–Trinajstić information content (AvgIpc) is 3.07. The van der Waals surface area contributed by atoms with Gasteiger partial charge in [-0.1, -0.05) is 19.1 Å². The molecule has 0 aliphatic rings. The van der Waals surface area contributed by atoms with Crippen LogP contribution >= 0.6 is 0 Å². The van der Waals surface area contributed by atoms with E-state index in [0.717, 1.165) is 11.3 Å². The predicted octanol–water partition coefficient (Wildman–Crippen LogP) is 4.12. The fourth-order valence-corrected chi connectivity index (χ4v) is 2.61. The molecule has 0 aliphatic heterocycles. The van der Waals surface area contributed by atoms with Crippen molar-refractivity contribution in [2.45, 2.75) is 20.3 Å². The third-order valence-electron chi connectivity index (χ3n) is 3.93. The highest BCUT2D eigenvalue weighted by molar-refractivity contribution is 5.91. The van der Waals surface area contributed by atoms with Crippen molar-refractivity contribution in [1.29, 1.82) is 5.26 Å². The molecule has 1 aromatic carbocycles. The quantitative estimate of drug-likeness (QED) is 0.739. The Morgan fingerprint density at radius 3 is 2.77 bits per heavy atom. The van der Waals surface area contributed by atoms with Crippen molar-refractivity contribution >= 4 is 17.4 Å². The average molecular weight is 346 g/mol. The molecule has 3 N–H and O–H groups in total. The number of nitrogen functional groups attached to an aromatic ring is 1. The van der Waals surface area contributed by atoms with Gasteiger partial charge in [-0.15, -0.1) is 0 Å². The Hall–Kier alpha value is -3.59. The number of aryl methyl sites for hydroxylation is 1. The lowest BCUT2D eigenvalue weighted by Crippen LogP contribution is -2.09. The first-order valence-electron chi connectivity index (χ1n) is 8.19. The second-order valence-electron chi connectivity index (χ2n) is 5.82. The van der Waals surface area contributed by atoms with E-state index in [0.29, 0.717) is 29.1 Å². The summed E-state index contributed by atoms with van der Waals surface area (Å²) in [4.78, 5) is 16.0. The summed E-state index contributed by atoms with van der Waals surface area (Å²) in [6, 6.07) is 14.8. The van der Waals surface area contributed by atoms with Crippen LogP contribution in [0.15, 0.2) is 46.9 Å². The smallest absolute Gasteiger partial charge is 0.224 e. The highest BCUT2D eigenvalue weighted by Gasteiger charge is 2.16. The number of anilines is 2. The largest absolute Gasteiger partial charge is 0.461 e. The number of nitriles is 1. The van der Waals surface area contributed by atoms with Crippen LogP contribution in [-0.4, -0.2) is 10.9 Å². The van der Waals surface area contributed by atoms with Gasteiger partial charge in [0.05, 0.1) is 5.69 Å². The molecule has 2 aromatic heterocycles. The predicted molar refractivity (Wildman–Crippen MR) is 100 cm³/mol. The van der Waals surface area contributed by atoms with Crippen LogP contribution in [0.5, 0.6) is 0 Å². The van der Waals surface area contributed by atoms with Crippen molar-refractivity contribution in [1.82, 2.24) is 4.98 Å². The number of hydrogen-bond acceptors (Lipinski definition) is 5. The monoisotopic (exact) mass is 346 g/mol. The van der Waals surface area contributed by atoms with Crippen molar-refractivity contribution in [3.63, 3.8) is 0 Å². The molecule has 0 atom stereocenters. The summed E-state index contributed by atoms with van der Waals surface area (Å²) in [5.41, 5.74) is 8.92. The number of rotatable bonds is 4. The summed E-state index contributed by atoms with van der Waals surface area (Å²) < 4.78 is 5.66. The number of nitrogens with one attached hydrogen (secondary N) is 1. The van der Waals surface area contributed by atoms with Crippen LogP contribution in [0.25, 0.3) is 22.6 Å². The molecule has 6 heteroatoms. The molecule has 3 rings (SSSR count). The minimum absolute atomic E-state index is 0.0683. The molecule has 0 aliphatic carbocycles. The molecule has 0 bridgehead atoms. The second kappa shape index (κ2) is 7.11. The number of furan rings is 1. The van der Waals surface area contributed by atoms with Gasteiger partial charge < -0.3 is 15.5 Å². The SMILES string of the molecule is CCC(=O)Nc1cccc(-c2cc(-c3ccc(C)o3)c(C#N)c(N)n2)c1. The van der Waals surface area contributed by atoms with Gasteiger partial charge in [-0.2, -0.15) is 5.26 Å². The molecule has 0 saturated heterocycles. The zero-order chi connectivity index (χ0) is 18.7. The van der Waals surface area contributed by atoms with E-state index in [-0.39, 0.29) is 17.3 Å². The Labute approximate surface area is 151 Å². The third kappa shape index (κ3) is 3.42. The van der Waals surface area contributed by atoms with Crippen molar-refractivity contribution in [2.75, 3.05) is 11.1 Å². The molecule has 3 aromatic rings. The lowest BCUT2D eigenvalue weighted by Gasteiger charge is -2.10. The van der Waals surface area contributed by atoms with Crippen LogP contribution < -0.4 is 11.1 Å². The van der Waals surface area contributed by atoms with Gasteiger partial charge in [-0.05, 0) is 37.3 Å². The lowest BCUT2D eigenvalue weighted by molar-refractivity contribution is -0.115. The Kier molecular flexibility index (Phi) is 4.72. The number of aromatic nitrogens is 1. The van der Waals surface area contributed by atoms with Gasteiger partial charge in [0.1, 0.15) is 29.0 Å². The second-order valence-corrected chi connectivity index (χ2v) is 5.82. The van der Waals surface area contributed by atoms with Crippen molar-refractivity contribution in [2.24, 2.45) is 0 Å². The number of pyridine rings is 1. The Morgan fingerprint density at radius 2 is 2.12 bits per heavy atom. The van der Waals surface area contributed by atoms with E-state index in [1.807, 2.05) is 31.2 Å². The van der Waals surface area contributed by atoms with Gasteiger partial charge in [0.2, 0.25) is 5.91 Å². The minimum Gasteiger partial charge on any atom is -0.461 e. The van der Waals surface area contributed by atoms with E-state index in [1.54, 1.807) is 25.1 Å². The maximum absolute atomic E-state index is 11.6. The maximum atomic E-state index is 11.6. The number of carbonyl (C=O) groups is 1. The van der Waals surface area contributed by atoms with E-state index >= 15 is 0 Å². The minimum atomic E-state index is -0.0683. The Bertz CT molecular complexity index is 1010. The fourth-order valence-electron chi connectivity index (χ4n) is 2.61. The van der Waals surface area contributed by atoms with Crippen LogP contribution in [0.4, 0.5) is 11.5 Å². The van der Waals surface area contributed by atoms with E-state index in [4.69, 9.17) is 10.2 Å². The summed E-state index contributed by atoms with van der Waals surface area (Å²) in [5.74, 6) is 1.37. The molecule has 26 heavy (non-hydrogen) atoms. The van der Waals surface area contributed by atoms with E-state index in [9.17, 15) is 10.1 Å². The Balaban J connectivity index is 2.09. The lowest BCUT2D eigenvalue weighted by atomic mass is 10.0. The van der Waals surface area contributed by atoms with Crippen LogP contribution in [0.1, 0.15) is 24.7 Å². The number of carbonyl (C=O) groups excluding carboxylic acids is 1. The van der Waals surface area contributed by atoms with Crippen molar-refractivity contribution < 1.29 is 9.21 Å². The van der Waals surface area contributed by atoms with Crippen LogP contribution in [0.2, 0.25) is 0 Å². The van der Waals surface area contributed by atoms with Crippen LogP contribution in [0.3, 0.4) is 0 Å². The van der Waals surface area contributed by atoms with Crippen molar-refractivity contribution in [3.05, 3.63) is 53.8 Å². The summed E-state index contributed by atoms with van der Waals surface area (Å²) in [7, 11) is 0. The maximum Gasteiger partial charge on any atom is 0.224 e. The molecular weight excluding hydrogens is 328 g/mol. The summed E-state index contributed by atoms with van der Waals surface area (Å²) in [6.45, 7) is 3.63. The molecule has 0 saturated carbocycles. The number of benzene rings is 1. The first kappa shape index (κ1) is 17.2. The molecule has 0 spiro atoms. The number of hydrogen-bond donors (Lipinski definition) is 2. The third-order valence-corrected chi connectivity index (χ3v) is 3.93. The zero-order valence-corrected chi connectivity index (χ0v) is 14.5. The number of nitrogens with two attached hydrogens (primary N) is 1. The first-order valence-corrected chi connectivity index (χ1v) is 8.19. The van der Waals surface area contributed by atoms with Gasteiger partial charge in [-0.3, -0.25) is 4.79 Å². The molecule has 6 nitrogen and oxygen atoms in total. The molecule has 2 heterocycles. The van der Waals surface area contributed by atoms with E-state index in [2.05, 4.69) is 16.4 Å². The van der Waals surface area contributed by atoms with Crippen LogP contribution in [0, 0.1) is 18.3 Å². The summed E-state index contributed by atoms with van der Waals surface area (Å²) in [5, 5.41) is 12.3. The van der Waals surface area contributed by atoms with Gasteiger partial charge >= 0.3 is 0 Å². The van der Waals surface area contributed by atoms with Gasteiger partial charge in [0.15, 0.2) is 0 Å². The highest BCUT2D eigenvalue weighted by atomic mass is 16.3.